The van der Waals surface area contributed by atoms with Gasteiger partial charge in [-0.15, -0.1) is 0 Å². The van der Waals surface area contributed by atoms with E-state index in [0.29, 0.717) is 0 Å². The maximum absolute atomic E-state index is 4.33. The molecule has 0 saturated carbocycles. The van der Waals surface area contributed by atoms with Gasteiger partial charge in [0.25, 0.3) is 0 Å². The SMILES string of the molecule is C=C(C)Cn1c(CNCCC)cnc1C. The van der Waals surface area contributed by atoms with Crippen LogP contribution in [-0.4, -0.2) is 16.1 Å². The fraction of sp³-hybridized carbons (Fsp3) is 0.583. The Labute approximate surface area is 92.2 Å². The summed E-state index contributed by atoms with van der Waals surface area (Å²) >= 11 is 0. The minimum atomic E-state index is 0.870. The number of imidazole rings is 1. The van der Waals surface area contributed by atoms with Gasteiger partial charge in [-0.05, 0) is 26.8 Å². The number of nitrogens with one attached hydrogen (secondary N) is 1. The predicted octanol–water partition coefficient (Wildman–Crippen LogP) is 2.27. The van der Waals surface area contributed by atoms with Gasteiger partial charge in [0.15, 0.2) is 0 Å². The lowest BCUT2D eigenvalue weighted by Crippen LogP contribution is -2.17. The standard InChI is InChI=1S/C12H21N3/c1-5-6-13-7-12-8-14-11(4)15(12)9-10(2)3/h8,13H,2,5-7,9H2,1,3-4H3. The molecule has 0 unspecified atom stereocenters. The third kappa shape index (κ3) is 3.51. The summed E-state index contributed by atoms with van der Waals surface area (Å²) in [5, 5.41) is 3.39. The first-order valence-corrected chi connectivity index (χ1v) is 5.51. The molecule has 0 aliphatic rings. The molecular formula is C12H21N3. The Kier molecular flexibility index (Phi) is 4.56. The zero-order chi connectivity index (χ0) is 11.3. The molecular weight excluding hydrogens is 186 g/mol. The zero-order valence-electron chi connectivity index (χ0n) is 10.0. The van der Waals surface area contributed by atoms with Gasteiger partial charge in [-0.25, -0.2) is 4.98 Å². The van der Waals surface area contributed by atoms with Crippen molar-refractivity contribution in [3.8, 4) is 0 Å². The Balaban J connectivity index is 2.66. The van der Waals surface area contributed by atoms with Gasteiger partial charge < -0.3 is 9.88 Å². The number of allylic oxidation sites excluding steroid dienone is 1. The molecule has 0 amide bonds. The highest BCUT2D eigenvalue weighted by molar-refractivity contribution is 5.07. The van der Waals surface area contributed by atoms with E-state index in [-0.39, 0.29) is 0 Å². The third-order valence-corrected chi connectivity index (χ3v) is 2.30. The van der Waals surface area contributed by atoms with Gasteiger partial charge in [-0.2, -0.15) is 0 Å². The molecule has 0 fully saturated rings. The number of aromatic nitrogens is 2. The van der Waals surface area contributed by atoms with E-state index in [0.717, 1.165) is 37.5 Å². The molecule has 0 aliphatic heterocycles. The first kappa shape index (κ1) is 12.0. The van der Waals surface area contributed by atoms with Crippen LogP contribution in [-0.2, 0) is 13.1 Å². The normalized spacial score (nSPS) is 10.6. The Bertz CT molecular complexity index is 326. The Morgan fingerprint density at radius 2 is 2.33 bits per heavy atom. The lowest BCUT2D eigenvalue weighted by Gasteiger charge is -2.10. The fourth-order valence-corrected chi connectivity index (χ4v) is 1.54. The van der Waals surface area contributed by atoms with Gasteiger partial charge in [-0.3, -0.25) is 0 Å². The van der Waals surface area contributed by atoms with E-state index in [1.165, 1.54) is 5.69 Å². The molecule has 3 nitrogen and oxygen atoms in total. The summed E-state index contributed by atoms with van der Waals surface area (Å²) in [4.78, 5) is 4.33. The maximum atomic E-state index is 4.33. The second-order valence-electron chi connectivity index (χ2n) is 4.02. The van der Waals surface area contributed by atoms with Gasteiger partial charge in [-0.1, -0.05) is 19.1 Å². The summed E-state index contributed by atoms with van der Waals surface area (Å²) in [7, 11) is 0. The van der Waals surface area contributed by atoms with Gasteiger partial charge >= 0.3 is 0 Å². The molecule has 0 bridgehead atoms. The predicted molar refractivity (Wildman–Crippen MR) is 63.8 cm³/mol. The van der Waals surface area contributed by atoms with Crippen LogP contribution < -0.4 is 5.32 Å². The number of hydrogen-bond acceptors (Lipinski definition) is 2. The topological polar surface area (TPSA) is 29.9 Å². The van der Waals surface area contributed by atoms with Crippen molar-refractivity contribution in [1.29, 1.82) is 0 Å². The average molecular weight is 207 g/mol. The lowest BCUT2D eigenvalue weighted by atomic mass is 10.3. The van der Waals surface area contributed by atoms with E-state index < -0.39 is 0 Å². The van der Waals surface area contributed by atoms with Crippen LogP contribution in [0.1, 0.15) is 31.8 Å². The second-order valence-corrected chi connectivity index (χ2v) is 4.02. The molecule has 1 heterocycles. The van der Waals surface area contributed by atoms with Crippen LogP contribution in [0.4, 0.5) is 0 Å². The number of aryl methyl sites for hydroxylation is 1. The minimum absolute atomic E-state index is 0.870. The second kappa shape index (κ2) is 5.71. The van der Waals surface area contributed by atoms with Gasteiger partial charge in [0, 0.05) is 19.3 Å². The molecule has 0 atom stereocenters. The molecule has 0 aliphatic carbocycles. The van der Waals surface area contributed by atoms with E-state index >= 15 is 0 Å². The van der Waals surface area contributed by atoms with Crippen LogP contribution in [0.15, 0.2) is 18.3 Å². The first-order valence-electron chi connectivity index (χ1n) is 5.51. The van der Waals surface area contributed by atoms with E-state index in [2.05, 4.69) is 28.4 Å². The maximum Gasteiger partial charge on any atom is 0.106 e. The quantitative estimate of drug-likeness (QED) is 0.573. The van der Waals surface area contributed by atoms with Crippen LogP contribution in [0.25, 0.3) is 0 Å². The van der Waals surface area contributed by atoms with Crippen molar-refractivity contribution >= 4 is 0 Å². The Morgan fingerprint density at radius 3 is 2.93 bits per heavy atom. The van der Waals surface area contributed by atoms with Gasteiger partial charge in [0.05, 0.1) is 5.69 Å². The molecule has 1 rings (SSSR count). The van der Waals surface area contributed by atoms with Crippen LogP contribution in [0, 0.1) is 6.92 Å². The van der Waals surface area contributed by atoms with E-state index in [1.807, 2.05) is 20.0 Å². The summed E-state index contributed by atoms with van der Waals surface area (Å²) in [6.07, 6.45) is 3.11. The molecule has 1 N–H and O–H groups in total. The van der Waals surface area contributed by atoms with Crippen molar-refractivity contribution in [3.63, 3.8) is 0 Å². The molecule has 0 aromatic carbocycles. The largest absolute Gasteiger partial charge is 0.327 e. The monoisotopic (exact) mass is 207 g/mol. The summed E-state index contributed by atoms with van der Waals surface area (Å²) < 4.78 is 2.21. The first-order chi connectivity index (χ1) is 7.15. The molecule has 0 radical (unpaired) electrons. The molecule has 1 aromatic heterocycles. The van der Waals surface area contributed by atoms with Crippen molar-refractivity contribution in [1.82, 2.24) is 14.9 Å². The molecule has 84 valence electrons. The summed E-state index contributed by atoms with van der Waals surface area (Å²) in [5.74, 6) is 1.06. The third-order valence-electron chi connectivity index (χ3n) is 2.30. The molecule has 0 spiro atoms. The average Bonchev–Trinajstić information content (AvgIpc) is 2.49. The van der Waals surface area contributed by atoms with Gasteiger partial charge in [0.2, 0.25) is 0 Å². The van der Waals surface area contributed by atoms with E-state index in [1.54, 1.807) is 0 Å². The van der Waals surface area contributed by atoms with Crippen molar-refractivity contribution in [3.05, 3.63) is 29.9 Å². The van der Waals surface area contributed by atoms with Crippen LogP contribution in [0.3, 0.4) is 0 Å². The lowest BCUT2D eigenvalue weighted by molar-refractivity contribution is 0.621. The van der Waals surface area contributed by atoms with Crippen molar-refractivity contribution in [2.45, 2.75) is 40.3 Å². The highest BCUT2D eigenvalue weighted by Gasteiger charge is 2.05. The number of hydrogen-bond donors (Lipinski definition) is 1. The number of nitrogens with zero attached hydrogens (tertiary/aromatic N) is 2. The minimum Gasteiger partial charge on any atom is -0.327 e. The Hall–Kier alpha value is -1.09. The van der Waals surface area contributed by atoms with Gasteiger partial charge in [0.1, 0.15) is 5.82 Å². The van der Waals surface area contributed by atoms with Crippen LogP contribution >= 0.6 is 0 Å². The molecule has 3 heteroatoms. The fourth-order valence-electron chi connectivity index (χ4n) is 1.54. The van der Waals surface area contributed by atoms with E-state index in [4.69, 9.17) is 0 Å². The van der Waals surface area contributed by atoms with Crippen molar-refractivity contribution in [2.75, 3.05) is 6.54 Å². The summed E-state index contributed by atoms with van der Waals surface area (Å²) in [5.41, 5.74) is 2.40. The zero-order valence-corrected chi connectivity index (χ0v) is 10.0. The molecule has 15 heavy (non-hydrogen) atoms. The Morgan fingerprint density at radius 1 is 1.60 bits per heavy atom. The number of rotatable bonds is 6. The molecule has 0 saturated heterocycles. The summed E-state index contributed by atoms with van der Waals surface area (Å²) in [6, 6.07) is 0. The van der Waals surface area contributed by atoms with Crippen molar-refractivity contribution < 1.29 is 0 Å². The highest BCUT2D eigenvalue weighted by atomic mass is 15.1. The molecule has 1 aromatic rings. The van der Waals surface area contributed by atoms with Crippen LogP contribution in [0.2, 0.25) is 0 Å². The smallest absolute Gasteiger partial charge is 0.106 e. The summed E-state index contributed by atoms with van der Waals surface area (Å²) in [6.45, 7) is 13.0. The van der Waals surface area contributed by atoms with Crippen molar-refractivity contribution in [2.24, 2.45) is 0 Å². The highest BCUT2D eigenvalue weighted by Crippen LogP contribution is 2.07. The van der Waals surface area contributed by atoms with E-state index in [9.17, 15) is 0 Å². The van der Waals surface area contributed by atoms with Crippen LogP contribution in [0.5, 0.6) is 0 Å².